The Hall–Kier alpha value is -3.18. The van der Waals surface area contributed by atoms with E-state index in [-0.39, 0.29) is 0 Å². The van der Waals surface area contributed by atoms with Gasteiger partial charge in [0, 0.05) is 60.6 Å². The molecule has 5 heteroatoms. The number of H-pyrrole nitrogens is 1. The SMILES string of the molecule is Cc1c[nH]c2ncc(-c3cc4c(c([C@@H]5CCCN5)c3)CN(c3ccncc3)CC4)cc12. The topological polar surface area (TPSA) is 56.8 Å². The number of hydrogen-bond acceptors (Lipinski definition) is 4. The molecule has 2 N–H and O–H groups in total. The minimum atomic E-state index is 0.441. The van der Waals surface area contributed by atoms with E-state index in [0.717, 1.165) is 31.7 Å². The van der Waals surface area contributed by atoms with Crippen LogP contribution in [0.1, 0.15) is 41.1 Å². The Labute approximate surface area is 182 Å². The van der Waals surface area contributed by atoms with Crippen LogP contribution in [-0.2, 0) is 13.0 Å². The number of aromatic amines is 1. The maximum Gasteiger partial charge on any atom is 0.137 e. The van der Waals surface area contributed by atoms with Gasteiger partial charge in [0.2, 0.25) is 0 Å². The first-order valence-electron chi connectivity index (χ1n) is 11.2. The molecule has 0 unspecified atom stereocenters. The lowest BCUT2D eigenvalue weighted by Crippen LogP contribution is -2.32. The molecule has 0 spiro atoms. The molecule has 5 nitrogen and oxygen atoms in total. The summed E-state index contributed by atoms with van der Waals surface area (Å²) in [5.41, 5.74) is 10.4. The smallest absolute Gasteiger partial charge is 0.137 e. The number of fused-ring (bicyclic) bond motifs is 2. The van der Waals surface area contributed by atoms with Gasteiger partial charge in [-0.2, -0.15) is 0 Å². The van der Waals surface area contributed by atoms with Crippen LogP contribution in [0.5, 0.6) is 0 Å². The molecule has 5 heterocycles. The maximum atomic E-state index is 4.68. The summed E-state index contributed by atoms with van der Waals surface area (Å²) in [6.45, 7) is 5.24. The molecular formula is C26H27N5. The summed E-state index contributed by atoms with van der Waals surface area (Å²) < 4.78 is 0. The molecule has 2 aliphatic rings. The number of rotatable bonds is 3. The Morgan fingerprint density at radius 2 is 2.00 bits per heavy atom. The van der Waals surface area contributed by atoms with Crippen LogP contribution >= 0.6 is 0 Å². The number of hydrogen-bond donors (Lipinski definition) is 2. The largest absolute Gasteiger partial charge is 0.367 e. The molecule has 1 fully saturated rings. The minimum absolute atomic E-state index is 0.441. The van der Waals surface area contributed by atoms with Crippen molar-refractivity contribution in [1.82, 2.24) is 20.3 Å². The number of benzene rings is 1. The van der Waals surface area contributed by atoms with E-state index in [1.54, 1.807) is 0 Å². The molecule has 31 heavy (non-hydrogen) atoms. The number of aromatic nitrogens is 3. The molecule has 1 saturated heterocycles. The van der Waals surface area contributed by atoms with Gasteiger partial charge in [0.15, 0.2) is 0 Å². The molecule has 156 valence electrons. The normalized spacial score (nSPS) is 18.5. The summed E-state index contributed by atoms with van der Waals surface area (Å²) >= 11 is 0. The molecule has 4 aromatic rings. The summed E-state index contributed by atoms with van der Waals surface area (Å²) in [5.74, 6) is 0. The number of nitrogens with one attached hydrogen (secondary N) is 2. The number of anilines is 1. The van der Waals surface area contributed by atoms with Crippen molar-refractivity contribution in [3.8, 4) is 11.1 Å². The minimum Gasteiger partial charge on any atom is -0.367 e. The Morgan fingerprint density at radius 1 is 1.10 bits per heavy atom. The van der Waals surface area contributed by atoms with Crippen LogP contribution < -0.4 is 10.2 Å². The van der Waals surface area contributed by atoms with Gasteiger partial charge in [0.1, 0.15) is 5.65 Å². The van der Waals surface area contributed by atoms with Crippen LogP contribution in [0.3, 0.4) is 0 Å². The van der Waals surface area contributed by atoms with E-state index in [9.17, 15) is 0 Å². The summed E-state index contributed by atoms with van der Waals surface area (Å²) in [6, 6.07) is 11.8. The van der Waals surface area contributed by atoms with E-state index in [2.05, 4.69) is 62.4 Å². The van der Waals surface area contributed by atoms with Crippen molar-refractivity contribution >= 4 is 16.7 Å². The average Bonchev–Trinajstić information content (AvgIpc) is 3.49. The number of pyridine rings is 2. The van der Waals surface area contributed by atoms with Crippen LogP contribution in [-0.4, -0.2) is 28.0 Å². The summed E-state index contributed by atoms with van der Waals surface area (Å²) in [5, 5.41) is 4.95. The zero-order valence-corrected chi connectivity index (χ0v) is 17.9. The van der Waals surface area contributed by atoms with Crippen molar-refractivity contribution < 1.29 is 0 Å². The number of nitrogens with zero attached hydrogens (tertiary/aromatic N) is 3. The molecular weight excluding hydrogens is 382 g/mol. The van der Waals surface area contributed by atoms with Crippen molar-refractivity contribution in [2.75, 3.05) is 18.0 Å². The highest BCUT2D eigenvalue weighted by Gasteiger charge is 2.26. The van der Waals surface area contributed by atoms with Crippen LogP contribution in [0.4, 0.5) is 5.69 Å². The molecule has 6 rings (SSSR count). The molecule has 3 aromatic heterocycles. The lowest BCUT2D eigenvalue weighted by atomic mass is 9.87. The van der Waals surface area contributed by atoms with E-state index >= 15 is 0 Å². The molecule has 0 amide bonds. The number of aryl methyl sites for hydroxylation is 1. The van der Waals surface area contributed by atoms with Gasteiger partial charge in [-0.1, -0.05) is 6.07 Å². The zero-order chi connectivity index (χ0) is 20.8. The van der Waals surface area contributed by atoms with Gasteiger partial charge in [0.05, 0.1) is 0 Å². The van der Waals surface area contributed by atoms with Crippen molar-refractivity contribution in [1.29, 1.82) is 0 Å². The molecule has 1 atom stereocenters. The standard InChI is InChI=1S/C26H27N5/c1-17-14-29-26-22(17)13-20(15-30-26)19-11-18-6-10-31(21-4-8-27-9-5-21)16-24(18)23(12-19)25-3-2-7-28-25/h4-5,8-9,11-15,25,28H,2-3,6-7,10,16H2,1H3,(H,29,30)/t25-/m0/s1. The van der Waals surface area contributed by atoms with Gasteiger partial charge >= 0.3 is 0 Å². The maximum absolute atomic E-state index is 4.68. The van der Waals surface area contributed by atoms with Gasteiger partial charge in [-0.25, -0.2) is 4.98 Å². The first kappa shape index (κ1) is 18.6. The first-order chi connectivity index (χ1) is 15.3. The van der Waals surface area contributed by atoms with Crippen molar-refractivity contribution in [2.45, 2.75) is 38.8 Å². The van der Waals surface area contributed by atoms with E-state index < -0.39 is 0 Å². The second-order valence-corrected chi connectivity index (χ2v) is 8.82. The highest BCUT2D eigenvalue weighted by atomic mass is 15.1. The van der Waals surface area contributed by atoms with Crippen molar-refractivity contribution in [2.24, 2.45) is 0 Å². The molecule has 0 aliphatic carbocycles. The third-order valence-electron chi connectivity index (χ3n) is 6.91. The Balaban J connectivity index is 1.45. The van der Waals surface area contributed by atoms with E-state index in [1.807, 2.05) is 24.8 Å². The molecule has 0 bridgehead atoms. The quantitative estimate of drug-likeness (QED) is 0.504. The fourth-order valence-corrected chi connectivity index (χ4v) is 5.19. The van der Waals surface area contributed by atoms with Crippen LogP contribution in [0.25, 0.3) is 22.2 Å². The monoisotopic (exact) mass is 409 g/mol. The predicted octanol–water partition coefficient (Wildman–Crippen LogP) is 4.92. The molecule has 1 aromatic carbocycles. The van der Waals surface area contributed by atoms with E-state index in [0.29, 0.717) is 6.04 Å². The Kier molecular flexibility index (Phi) is 4.50. The van der Waals surface area contributed by atoms with Gasteiger partial charge < -0.3 is 15.2 Å². The van der Waals surface area contributed by atoms with Gasteiger partial charge in [0.25, 0.3) is 0 Å². The average molecular weight is 410 g/mol. The second-order valence-electron chi connectivity index (χ2n) is 8.82. The fraction of sp³-hybridized carbons (Fsp3) is 0.308. The fourth-order valence-electron chi connectivity index (χ4n) is 5.19. The predicted molar refractivity (Wildman–Crippen MR) is 125 cm³/mol. The van der Waals surface area contributed by atoms with Gasteiger partial charge in [-0.15, -0.1) is 0 Å². The first-order valence-corrected chi connectivity index (χ1v) is 11.2. The summed E-state index contributed by atoms with van der Waals surface area (Å²) in [6.07, 6.45) is 11.3. The third-order valence-corrected chi connectivity index (χ3v) is 6.91. The zero-order valence-electron chi connectivity index (χ0n) is 17.9. The Morgan fingerprint density at radius 3 is 2.84 bits per heavy atom. The van der Waals surface area contributed by atoms with Gasteiger partial charge in [-0.3, -0.25) is 4.98 Å². The van der Waals surface area contributed by atoms with Crippen molar-refractivity contribution in [3.05, 3.63) is 77.4 Å². The molecule has 0 radical (unpaired) electrons. The van der Waals surface area contributed by atoms with Crippen LogP contribution in [0, 0.1) is 6.92 Å². The van der Waals surface area contributed by atoms with Crippen molar-refractivity contribution in [3.63, 3.8) is 0 Å². The summed E-state index contributed by atoms with van der Waals surface area (Å²) in [4.78, 5) is 14.6. The van der Waals surface area contributed by atoms with Gasteiger partial charge in [-0.05, 0) is 84.8 Å². The lowest BCUT2D eigenvalue weighted by Gasteiger charge is -2.33. The van der Waals surface area contributed by atoms with Crippen LogP contribution in [0.2, 0.25) is 0 Å². The van der Waals surface area contributed by atoms with Crippen LogP contribution in [0.15, 0.2) is 55.1 Å². The lowest BCUT2D eigenvalue weighted by molar-refractivity contribution is 0.625. The molecule has 0 saturated carbocycles. The third kappa shape index (κ3) is 3.29. The Bertz CT molecular complexity index is 1240. The highest BCUT2D eigenvalue weighted by Crippen LogP contribution is 2.37. The highest BCUT2D eigenvalue weighted by molar-refractivity contribution is 5.84. The second kappa shape index (κ2) is 7.50. The molecule has 2 aliphatic heterocycles. The summed E-state index contributed by atoms with van der Waals surface area (Å²) in [7, 11) is 0. The van der Waals surface area contributed by atoms with E-state index in [1.165, 1.54) is 57.3 Å². The van der Waals surface area contributed by atoms with E-state index in [4.69, 9.17) is 0 Å².